The van der Waals surface area contributed by atoms with E-state index in [1.165, 1.54) is 11.8 Å². The van der Waals surface area contributed by atoms with Crippen LogP contribution in [0.5, 0.6) is 0 Å². The maximum atomic E-state index is 11.5. The predicted molar refractivity (Wildman–Crippen MR) is 72.3 cm³/mol. The van der Waals surface area contributed by atoms with Gasteiger partial charge in [-0.2, -0.15) is 0 Å². The van der Waals surface area contributed by atoms with Crippen molar-refractivity contribution in [2.45, 2.75) is 10.1 Å². The predicted octanol–water partition coefficient (Wildman–Crippen LogP) is 4.29. The van der Waals surface area contributed by atoms with E-state index in [0.717, 1.165) is 10.5 Å². The molecule has 0 aromatic heterocycles. The van der Waals surface area contributed by atoms with Gasteiger partial charge in [0.05, 0.1) is 0 Å². The lowest BCUT2D eigenvalue weighted by molar-refractivity contribution is -0.111. The van der Waals surface area contributed by atoms with E-state index in [0.29, 0.717) is 0 Å². The zero-order valence-electron chi connectivity index (χ0n) is 9.05. The normalized spacial score (nSPS) is 12.1. The van der Waals surface area contributed by atoms with Gasteiger partial charge < -0.3 is 0 Å². The van der Waals surface area contributed by atoms with Crippen molar-refractivity contribution in [1.29, 1.82) is 0 Å². The monoisotopic (exact) mass is 262 g/mol. The molecule has 0 heterocycles. The van der Waals surface area contributed by atoms with Crippen LogP contribution in [0.1, 0.15) is 10.8 Å². The molecule has 0 N–H and O–H groups in total. The summed E-state index contributed by atoms with van der Waals surface area (Å²) in [4.78, 5) is 12.5. The molecule has 0 aliphatic rings. The van der Waals surface area contributed by atoms with Crippen molar-refractivity contribution in [2.24, 2.45) is 0 Å². The fourth-order valence-corrected chi connectivity index (χ4v) is 2.74. The number of rotatable bonds is 4. The molecule has 0 aliphatic carbocycles. The highest BCUT2D eigenvalue weighted by atomic mass is 35.5. The average molecular weight is 263 g/mol. The van der Waals surface area contributed by atoms with Gasteiger partial charge >= 0.3 is 0 Å². The van der Waals surface area contributed by atoms with Crippen LogP contribution in [0.3, 0.4) is 0 Å². The molecule has 0 bridgehead atoms. The van der Waals surface area contributed by atoms with Gasteiger partial charge in [-0.05, 0) is 29.3 Å². The van der Waals surface area contributed by atoms with Gasteiger partial charge in [0.25, 0.3) is 0 Å². The van der Waals surface area contributed by atoms with E-state index in [1.807, 2.05) is 60.7 Å². The van der Waals surface area contributed by atoms with Gasteiger partial charge in [-0.15, -0.1) is 11.8 Å². The molecular weight excluding hydrogens is 252 g/mol. The van der Waals surface area contributed by atoms with Crippen molar-refractivity contribution in [3.05, 3.63) is 66.2 Å². The topological polar surface area (TPSA) is 17.1 Å². The maximum absolute atomic E-state index is 11.5. The minimum absolute atomic E-state index is 0.343. The summed E-state index contributed by atoms with van der Waals surface area (Å²) in [5.41, 5.74) is 0.932. The molecule has 0 saturated heterocycles. The Balaban J connectivity index is 2.23. The summed E-state index contributed by atoms with van der Waals surface area (Å²) < 4.78 is 0. The average Bonchev–Trinajstić information content (AvgIpc) is 2.38. The summed E-state index contributed by atoms with van der Waals surface area (Å²) in [5, 5.41) is -0.690. The maximum Gasteiger partial charge on any atom is 0.239 e. The van der Waals surface area contributed by atoms with Gasteiger partial charge in [0.2, 0.25) is 5.24 Å². The Bertz CT molecular complexity index is 484. The van der Waals surface area contributed by atoms with E-state index in [-0.39, 0.29) is 10.5 Å². The van der Waals surface area contributed by atoms with Crippen LogP contribution in [0.2, 0.25) is 0 Å². The quantitative estimate of drug-likeness (QED) is 0.604. The first-order valence-electron chi connectivity index (χ1n) is 5.23. The van der Waals surface area contributed by atoms with Gasteiger partial charge in [0, 0.05) is 4.90 Å². The molecule has 17 heavy (non-hydrogen) atoms. The second-order valence-corrected chi connectivity index (χ2v) is 5.08. The van der Waals surface area contributed by atoms with Gasteiger partial charge in [0.15, 0.2) is 0 Å². The molecule has 0 saturated carbocycles. The van der Waals surface area contributed by atoms with Crippen LogP contribution in [0.15, 0.2) is 65.6 Å². The largest absolute Gasteiger partial charge is 0.280 e. The molecule has 0 radical (unpaired) electrons. The van der Waals surface area contributed by atoms with Gasteiger partial charge in [-0.1, -0.05) is 48.5 Å². The van der Waals surface area contributed by atoms with Crippen LogP contribution in [0, 0.1) is 0 Å². The van der Waals surface area contributed by atoms with Gasteiger partial charge in [-0.25, -0.2) is 0 Å². The Kier molecular flexibility index (Phi) is 4.24. The molecule has 3 heteroatoms. The highest BCUT2D eigenvalue weighted by Crippen LogP contribution is 2.36. The number of benzene rings is 2. The molecule has 0 unspecified atom stereocenters. The van der Waals surface area contributed by atoms with Crippen LogP contribution in [0.25, 0.3) is 0 Å². The lowest BCUT2D eigenvalue weighted by atomic mass is 10.2. The van der Waals surface area contributed by atoms with Crippen molar-refractivity contribution in [3.63, 3.8) is 0 Å². The van der Waals surface area contributed by atoms with E-state index in [4.69, 9.17) is 11.6 Å². The van der Waals surface area contributed by atoms with E-state index in [1.54, 1.807) is 0 Å². The number of halogens is 1. The first-order valence-corrected chi connectivity index (χ1v) is 6.49. The lowest BCUT2D eigenvalue weighted by Gasteiger charge is -2.12. The van der Waals surface area contributed by atoms with Crippen LogP contribution in [0.4, 0.5) is 0 Å². The van der Waals surface area contributed by atoms with E-state index in [9.17, 15) is 4.79 Å². The molecule has 86 valence electrons. The summed E-state index contributed by atoms with van der Waals surface area (Å²) in [6, 6.07) is 19.4. The molecule has 0 amide bonds. The van der Waals surface area contributed by atoms with Crippen LogP contribution < -0.4 is 0 Å². The second kappa shape index (κ2) is 5.89. The Morgan fingerprint density at radius 1 is 0.941 bits per heavy atom. The number of carbonyl (C=O) groups is 1. The van der Waals surface area contributed by atoms with Gasteiger partial charge in [0.1, 0.15) is 5.25 Å². The van der Waals surface area contributed by atoms with Crippen molar-refractivity contribution in [3.8, 4) is 0 Å². The molecule has 2 aromatic rings. The third kappa shape index (κ3) is 3.35. The Labute approximate surface area is 110 Å². The fourth-order valence-electron chi connectivity index (χ4n) is 1.51. The van der Waals surface area contributed by atoms with Crippen molar-refractivity contribution >= 4 is 28.6 Å². The summed E-state index contributed by atoms with van der Waals surface area (Å²) >= 11 is 7.14. The van der Waals surface area contributed by atoms with Crippen molar-refractivity contribution < 1.29 is 4.79 Å². The number of carbonyl (C=O) groups excluding carboxylic acids is 1. The first-order chi connectivity index (χ1) is 8.27. The molecule has 0 aliphatic heterocycles. The smallest absolute Gasteiger partial charge is 0.239 e. The molecule has 0 fully saturated rings. The first kappa shape index (κ1) is 12.2. The third-order valence-electron chi connectivity index (χ3n) is 2.31. The zero-order chi connectivity index (χ0) is 12.1. The number of thioether (sulfide) groups is 1. The summed E-state index contributed by atoms with van der Waals surface area (Å²) in [5.74, 6) is 0. The molecule has 2 rings (SSSR count). The second-order valence-electron chi connectivity index (χ2n) is 3.53. The molecule has 0 spiro atoms. The minimum atomic E-state index is -0.347. The third-order valence-corrected chi connectivity index (χ3v) is 3.92. The van der Waals surface area contributed by atoms with E-state index >= 15 is 0 Å². The summed E-state index contributed by atoms with van der Waals surface area (Å²) in [7, 11) is 0. The Hall–Kier alpha value is -1.25. The molecular formula is C14H11ClOS. The summed E-state index contributed by atoms with van der Waals surface area (Å²) in [6.45, 7) is 0. The highest BCUT2D eigenvalue weighted by Gasteiger charge is 2.19. The number of hydrogen-bond donors (Lipinski definition) is 0. The minimum Gasteiger partial charge on any atom is -0.280 e. The molecule has 2 aromatic carbocycles. The van der Waals surface area contributed by atoms with Crippen LogP contribution in [-0.4, -0.2) is 5.24 Å². The van der Waals surface area contributed by atoms with Crippen LogP contribution >= 0.6 is 23.4 Å². The van der Waals surface area contributed by atoms with Gasteiger partial charge in [-0.3, -0.25) is 4.79 Å². The van der Waals surface area contributed by atoms with E-state index in [2.05, 4.69) is 0 Å². The fraction of sp³-hybridized carbons (Fsp3) is 0.0714. The molecule has 1 atom stereocenters. The highest BCUT2D eigenvalue weighted by molar-refractivity contribution is 8.00. The SMILES string of the molecule is O=C(Cl)[C@@H](Sc1ccccc1)c1ccccc1. The Morgan fingerprint density at radius 2 is 1.47 bits per heavy atom. The Morgan fingerprint density at radius 3 is 2.00 bits per heavy atom. The number of hydrogen-bond acceptors (Lipinski definition) is 2. The van der Waals surface area contributed by atoms with E-state index < -0.39 is 0 Å². The van der Waals surface area contributed by atoms with Crippen LogP contribution in [-0.2, 0) is 4.79 Å². The molecule has 1 nitrogen and oxygen atoms in total. The zero-order valence-corrected chi connectivity index (χ0v) is 10.6. The standard InChI is InChI=1S/C14H11ClOS/c15-14(16)13(11-7-3-1-4-8-11)17-12-9-5-2-6-10-12/h1-10,13H/t13-/m0/s1. The van der Waals surface area contributed by atoms with Crippen molar-refractivity contribution in [2.75, 3.05) is 0 Å². The lowest BCUT2D eigenvalue weighted by Crippen LogP contribution is -2.02. The summed E-state index contributed by atoms with van der Waals surface area (Å²) in [6.07, 6.45) is 0. The van der Waals surface area contributed by atoms with Crippen molar-refractivity contribution in [1.82, 2.24) is 0 Å².